The van der Waals surface area contributed by atoms with Crippen molar-refractivity contribution in [3.8, 4) is 5.75 Å². The van der Waals surface area contributed by atoms with Crippen LogP contribution in [0.2, 0.25) is 0 Å². The molecule has 1 aliphatic heterocycles. The molecular formula is C15H19NO4. The molecule has 0 aromatic heterocycles. The molecule has 0 bridgehead atoms. The van der Waals surface area contributed by atoms with Gasteiger partial charge in [0, 0.05) is 13.5 Å². The van der Waals surface area contributed by atoms with Gasteiger partial charge in [-0.15, -0.1) is 0 Å². The van der Waals surface area contributed by atoms with Crippen molar-refractivity contribution in [3.05, 3.63) is 23.8 Å². The Morgan fingerprint density at radius 1 is 1.45 bits per heavy atom. The summed E-state index contributed by atoms with van der Waals surface area (Å²) in [6, 6.07) is 5.78. The monoisotopic (exact) mass is 277 g/mol. The van der Waals surface area contributed by atoms with Gasteiger partial charge in [0.25, 0.3) is 5.91 Å². The molecule has 5 nitrogen and oxygen atoms in total. The minimum Gasteiger partial charge on any atom is -0.479 e. The Kier molecular flexibility index (Phi) is 4.27. The van der Waals surface area contributed by atoms with Gasteiger partial charge in [-0.2, -0.15) is 0 Å². The number of nitrogens with zero attached hydrogens (tertiary/aromatic N) is 1. The van der Waals surface area contributed by atoms with Crippen LogP contribution in [0.15, 0.2) is 18.2 Å². The van der Waals surface area contributed by atoms with Crippen LogP contribution in [-0.2, 0) is 20.7 Å². The van der Waals surface area contributed by atoms with E-state index in [1.807, 2.05) is 18.2 Å². The molecule has 2 rings (SSSR count). The molecule has 0 saturated carbocycles. The normalized spacial score (nSPS) is 17.4. The summed E-state index contributed by atoms with van der Waals surface area (Å²) in [5, 5.41) is 0. The Balaban J connectivity index is 2.08. The average Bonchev–Trinajstić information content (AvgIpc) is 2.45. The zero-order valence-corrected chi connectivity index (χ0v) is 12.0. The van der Waals surface area contributed by atoms with Crippen molar-refractivity contribution >= 4 is 17.6 Å². The fourth-order valence-corrected chi connectivity index (χ4v) is 2.25. The first-order valence-electron chi connectivity index (χ1n) is 6.67. The van der Waals surface area contributed by atoms with Gasteiger partial charge in [-0.05, 0) is 37.5 Å². The van der Waals surface area contributed by atoms with Gasteiger partial charge in [-0.1, -0.05) is 6.07 Å². The number of hydrogen-bond acceptors (Lipinski definition) is 4. The third kappa shape index (κ3) is 2.92. The van der Waals surface area contributed by atoms with Gasteiger partial charge < -0.3 is 14.4 Å². The Morgan fingerprint density at radius 2 is 2.20 bits per heavy atom. The number of carbonyl (C=O) groups is 2. The van der Waals surface area contributed by atoms with Gasteiger partial charge in [0.2, 0.25) is 0 Å². The number of fused-ring (bicyclic) bond motifs is 1. The van der Waals surface area contributed by atoms with Gasteiger partial charge in [-0.3, -0.25) is 9.59 Å². The van der Waals surface area contributed by atoms with E-state index < -0.39 is 6.10 Å². The molecule has 1 aliphatic rings. The maximum absolute atomic E-state index is 11.9. The van der Waals surface area contributed by atoms with Gasteiger partial charge in [0.1, 0.15) is 5.75 Å². The first-order valence-corrected chi connectivity index (χ1v) is 6.67. The van der Waals surface area contributed by atoms with E-state index in [0.29, 0.717) is 6.42 Å². The van der Waals surface area contributed by atoms with E-state index in [1.165, 1.54) is 7.11 Å². The van der Waals surface area contributed by atoms with Crippen LogP contribution in [0.3, 0.4) is 0 Å². The molecule has 5 heteroatoms. The van der Waals surface area contributed by atoms with Crippen LogP contribution in [0.1, 0.15) is 25.3 Å². The summed E-state index contributed by atoms with van der Waals surface area (Å²) in [6.45, 7) is 1.74. The highest BCUT2D eigenvalue weighted by molar-refractivity contribution is 5.99. The molecule has 0 saturated heterocycles. The first-order chi connectivity index (χ1) is 9.52. The Hall–Kier alpha value is -2.04. The predicted molar refractivity (Wildman–Crippen MR) is 74.9 cm³/mol. The van der Waals surface area contributed by atoms with Crippen LogP contribution in [0, 0.1) is 0 Å². The summed E-state index contributed by atoms with van der Waals surface area (Å²) in [5.41, 5.74) is 1.86. The standard InChI is InChI=1S/C15H19NO4/c1-10-15(18)16(2)12-9-11(7-8-13(12)20-10)5-4-6-14(17)19-3/h7-10H,4-6H2,1-3H3. The molecule has 108 valence electrons. The van der Waals surface area contributed by atoms with Crippen molar-refractivity contribution in [1.29, 1.82) is 0 Å². The second-order valence-corrected chi connectivity index (χ2v) is 4.89. The molecule has 1 aromatic carbocycles. The molecule has 1 amide bonds. The number of hydrogen-bond donors (Lipinski definition) is 0. The Bertz CT molecular complexity index is 527. The number of esters is 1. The minimum atomic E-state index is -0.447. The fourth-order valence-electron chi connectivity index (χ4n) is 2.25. The van der Waals surface area contributed by atoms with Gasteiger partial charge in [-0.25, -0.2) is 0 Å². The van der Waals surface area contributed by atoms with Crippen LogP contribution in [0.5, 0.6) is 5.75 Å². The van der Waals surface area contributed by atoms with Crippen molar-refractivity contribution in [2.45, 2.75) is 32.3 Å². The van der Waals surface area contributed by atoms with E-state index in [-0.39, 0.29) is 11.9 Å². The third-order valence-electron chi connectivity index (χ3n) is 3.44. The largest absolute Gasteiger partial charge is 0.479 e. The lowest BCUT2D eigenvalue weighted by Gasteiger charge is -2.30. The topological polar surface area (TPSA) is 55.8 Å². The predicted octanol–water partition coefficient (Wildman–Crippen LogP) is 1.93. The fraction of sp³-hybridized carbons (Fsp3) is 0.467. The number of likely N-dealkylation sites (N-methyl/N-ethyl adjacent to an activating group) is 1. The van der Waals surface area contributed by atoms with E-state index in [2.05, 4.69) is 4.74 Å². The minimum absolute atomic E-state index is 0.0517. The summed E-state index contributed by atoms with van der Waals surface area (Å²) in [5.74, 6) is 0.466. The first kappa shape index (κ1) is 14.4. The molecule has 0 aliphatic carbocycles. The van der Waals surface area contributed by atoms with Gasteiger partial charge in [0.05, 0.1) is 12.8 Å². The summed E-state index contributed by atoms with van der Waals surface area (Å²) in [6.07, 6.45) is 1.44. The average molecular weight is 277 g/mol. The van der Waals surface area contributed by atoms with Crippen LogP contribution in [0.4, 0.5) is 5.69 Å². The van der Waals surface area contributed by atoms with Crippen LogP contribution < -0.4 is 9.64 Å². The lowest BCUT2D eigenvalue weighted by molar-refractivity contribution is -0.140. The van der Waals surface area contributed by atoms with Crippen molar-refractivity contribution < 1.29 is 19.1 Å². The zero-order valence-electron chi connectivity index (χ0n) is 12.0. The SMILES string of the molecule is COC(=O)CCCc1ccc2c(c1)N(C)C(=O)C(C)O2. The molecule has 1 heterocycles. The lowest BCUT2D eigenvalue weighted by atomic mass is 10.1. The summed E-state index contributed by atoms with van der Waals surface area (Å²) in [4.78, 5) is 24.6. The third-order valence-corrected chi connectivity index (χ3v) is 3.44. The van der Waals surface area contributed by atoms with E-state index in [4.69, 9.17) is 4.74 Å². The number of aryl methyl sites for hydroxylation is 1. The van der Waals surface area contributed by atoms with Crippen molar-refractivity contribution in [2.75, 3.05) is 19.1 Å². The quantitative estimate of drug-likeness (QED) is 0.789. The summed E-state index contributed by atoms with van der Waals surface area (Å²) in [7, 11) is 3.14. The van der Waals surface area contributed by atoms with Gasteiger partial charge in [0.15, 0.2) is 6.10 Å². The van der Waals surface area contributed by atoms with Crippen molar-refractivity contribution in [1.82, 2.24) is 0 Å². The number of rotatable bonds is 4. The second-order valence-electron chi connectivity index (χ2n) is 4.89. The van der Waals surface area contributed by atoms with E-state index in [0.717, 1.165) is 29.8 Å². The van der Waals surface area contributed by atoms with Gasteiger partial charge >= 0.3 is 5.97 Å². The molecule has 0 spiro atoms. The van der Waals surface area contributed by atoms with E-state index >= 15 is 0 Å². The smallest absolute Gasteiger partial charge is 0.305 e. The second kappa shape index (κ2) is 5.94. The number of methoxy groups -OCH3 is 1. The molecule has 20 heavy (non-hydrogen) atoms. The Morgan fingerprint density at radius 3 is 2.90 bits per heavy atom. The molecule has 0 radical (unpaired) electrons. The number of carbonyl (C=O) groups excluding carboxylic acids is 2. The zero-order chi connectivity index (χ0) is 14.7. The molecule has 0 N–H and O–H groups in total. The number of amides is 1. The summed E-state index contributed by atoms with van der Waals surface area (Å²) >= 11 is 0. The van der Waals surface area contributed by atoms with E-state index in [1.54, 1.807) is 18.9 Å². The highest BCUT2D eigenvalue weighted by atomic mass is 16.5. The highest BCUT2D eigenvalue weighted by Gasteiger charge is 2.28. The Labute approximate surface area is 118 Å². The lowest BCUT2D eigenvalue weighted by Crippen LogP contribution is -2.42. The summed E-state index contributed by atoms with van der Waals surface area (Å²) < 4.78 is 10.2. The van der Waals surface area contributed by atoms with Crippen molar-refractivity contribution in [3.63, 3.8) is 0 Å². The number of benzene rings is 1. The molecule has 1 atom stereocenters. The highest BCUT2D eigenvalue weighted by Crippen LogP contribution is 2.34. The number of anilines is 1. The molecule has 0 fully saturated rings. The van der Waals surface area contributed by atoms with Crippen LogP contribution in [-0.4, -0.2) is 32.1 Å². The van der Waals surface area contributed by atoms with Crippen LogP contribution >= 0.6 is 0 Å². The van der Waals surface area contributed by atoms with Crippen LogP contribution in [0.25, 0.3) is 0 Å². The molecule has 1 aromatic rings. The molecule has 1 unspecified atom stereocenters. The number of ether oxygens (including phenoxy) is 2. The molecular weight excluding hydrogens is 258 g/mol. The van der Waals surface area contributed by atoms with E-state index in [9.17, 15) is 9.59 Å². The maximum Gasteiger partial charge on any atom is 0.305 e. The maximum atomic E-state index is 11.9. The van der Waals surface area contributed by atoms with Crippen molar-refractivity contribution in [2.24, 2.45) is 0 Å².